The number of imidazole rings is 1. The SMILES string of the molecule is CP(C)(=O)c1cc(F)ccc1Oc1cncnc1N1CCC2(CCN(Cc3ccc4[nH]c(=O)[nH]c4c3)C2)C1. The summed E-state index contributed by atoms with van der Waals surface area (Å²) in [6.07, 6.45) is 5.24. The molecule has 2 saturated heterocycles. The fourth-order valence-electron chi connectivity index (χ4n) is 5.78. The molecule has 0 aliphatic carbocycles. The van der Waals surface area contributed by atoms with Crippen molar-refractivity contribution in [3.63, 3.8) is 0 Å². The van der Waals surface area contributed by atoms with Gasteiger partial charge in [-0.3, -0.25) is 4.90 Å². The highest BCUT2D eigenvalue weighted by Crippen LogP contribution is 2.44. The van der Waals surface area contributed by atoms with Gasteiger partial charge in [-0.15, -0.1) is 0 Å². The zero-order valence-electron chi connectivity index (χ0n) is 21.4. The lowest BCUT2D eigenvalue weighted by molar-refractivity contribution is 0.270. The number of likely N-dealkylation sites (tertiary alicyclic amines) is 1. The zero-order chi connectivity index (χ0) is 26.5. The minimum atomic E-state index is -2.77. The zero-order valence-corrected chi connectivity index (χ0v) is 22.3. The summed E-state index contributed by atoms with van der Waals surface area (Å²) in [7, 11) is -2.77. The number of hydrogen-bond donors (Lipinski definition) is 2. The minimum absolute atomic E-state index is 0.151. The molecular weight excluding hydrogens is 506 g/mol. The molecule has 38 heavy (non-hydrogen) atoms. The van der Waals surface area contributed by atoms with Crippen molar-refractivity contribution >= 4 is 29.3 Å². The smallest absolute Gasteiger partial charge is 0.323 e. The number of aromatic nitrogens is 4. The van der Waals surface area contributed by atoms with Crippen molar-refractivity contribution in [2.45, 2.75) is 19.4 Å². The molecule has 6 rings (SSSR count). The molecule has 9 nitrogen and oxygen atoms in total. The number of hydrogen-bond acceptors (Lipinski definition) is 7. The lowest BCUT2D eigenvalue weighted by atomic mass is 9.86. The number of ether oxygens (including phenoxy) is 1. The predicted molar refractivity (Wildman–Crippen MR) is 146 cm³/mol. The molecule has 1 atom stereocenters. The Balaban J connectivity index is 1.17. The van der Waals surface area contributed by atoms with E-state index in [1.165, 1.54) is 30.1 Å². The van der Waals surface area contributed by atoms with Crippen molar-refractivity contribution in [2.75, 3.05) is 44.4 Å². The maximum atomic E-state index is 13.9. The van der Waals surface area contributed by atoms with Crippen molar-refractivity contribution in [3.05, 3.63) is 70.8 Å². The molecule has 4 aromatic rings. The van der Waals surface area contributed by atoms with E-state index in [1.807, 2.05) is 12.1 Å². The lowest BCUT2D eigenvalue weighted by Crippen LogP contribution is -2.31. The van der Waals surface area contributed by atoms with E-state index < -0.39 is 13.0 Å². The first-order valence-electron chi connectivity index (χ1n) is 12.7. The summed E-state index contributed by atoms with van der Waals surface area (Å²) in [5, 5.41) is 0.360. The molecule has 2 aliphatic heterocycles. The Morgan fingerprint density at radius 2 is 1.87 bits per heavy atom. The van der Waals surface area contributed by atoms with E-state index in [9.17, 15) is 13.8 Å². The van der Waals surface area contributed by atoms with E-state index in [0.29, 0.717) is 22.6 Å². The summed E-state index contributed by atoms with van der Waals surface area (Å²) in [4.78, 5) is 30.6. The predicted octanol–water partition coefficient (Wildman–Crippen LogP) is 3.93. The molecule has 11 heteroatoms. The van der Waals surface area contributed by atoms with E-state index in [-0.39, 0.29) is 11.1 Å². The number of aromatic amines is 2. The Morgan fingerprint density at radius 1 is 1.05 bits per heavy atom. The van der Waals surface area contributed by atoms with E-state index in [1.54, 1.807) is 19.5 Å². The van der Waals surface area contributed by atoms with Gasteiger partial charge in [0.15, 0.2) is 11.6 Å². The summed E-state index contributed by atoms with van der Waals surface area (Å²) in [5.74, 6) is 1.07. The maximum absolute atomic E-state index is 13.9. The van der Waals surface area contributed by atoms with Crippen LogP contribution in [0.15, 0.2) is 53.7 Å². The second-order valence-corrected chi connectivity index (χ2v) is 14.1. The first-order valence-corrected chi connectivity index (χ1v) is 15.3. The van der Waals surface area contributed by atoms with Gasteiger partial charge in [0.2, 0.25) is 0 Å². The van der Waals surface area contributed by atoms with Gasteiger partial charge in [0, 0.05) is 31.6 Å². The normalized spacial score (nSPS) is 20.1. The molecule has 0 saturated carbocycles. The molecule has 198 valence electrons. The number of halogens is 1. The van der Waals surface area contributed by atoms with Crippen LogP contribution < -0.4 is 20.6 Å². The van der Waals surface area contributed by atoms with Gasteiger partial charge in [0.05, 0.1) is 22.5 Å². The van der Waals surface area contributed by atoms with Crippen LogP contribution in [0.2, 0.25) is 0 Å². The van der Waals surface area contributed by atoms with Gasteiger partial charge < -0.3 is 24.2 Å². The molecule has 2 aliphatic rings. The van der Waals surface area contributed by atoms with Crippen molar-refractivity contribution in [2.24, 2.45) is 5.41 Å². The van der Waals surface area contributed by atoms with Crippen LogP contribution in [0.4, 0.5) is 10.2 Å². The standard InChI is InChI=1S/C27H30FN6O3P/c1-38(2,36)24-12-19(28)4-6-22(24)37-23-13-29-17-30-25(23)34-10-8-27(16-34)7-9-33(15-27)14-18-3-5-20-21(11-18)32-26(35)31-20/h3-6,11-13,17H,7-10,14-16H2,1-2H3,(H2,31,32,35). The van der Waals surface area contributed by atoms with E-state index >= 15 is 0 Å². The average molecular weight is 537 g/mol. The second kappa shape index (κ2) is 9.36. The van der Waals surface area contributed by atoms with Gasteiger partial charge in [0.1, 0.15) is 25.0 Å². The monoisotopic (exact) mass is 536 g/mol. The fraction of sp³-hybridized carbons (Fsp3) is 0.370. The molecule has 2 fully saturated rings. The van der Waals surface area contributed by atoms with Gasteiger partial charge in [-0.25, -0.2) is 19.2 Å². The molecule has 0 radical (unpaired) electrons. The molecule has 2 aromatic carbocycles. The molecule has 1 spiro atoms. The van der Waals surface area contributed by atoms with Crippen LogP contribution in [0.5, 0.6) is 11.5 Å². The topological polar surface area (TPSA) is 107 Å². The third kappa shape index (κ3) is 4.86. The van der Waals surface area contributed by atoms with Gasteiger partial charge in [-0.05, 0) is 68.6 Å². The average Bonchev–Trinajstić information content (AvgIpc) is 3.58. The van der Waals surface area contributed by atoms with Crippen molar-refractivity contribution in [3.8, 4) is 11.5 Å². The van der Waals surface area contributed by atoms with Crippen LogP contribution in [-0.2, 0) is 11.1 Å². The fourth-order valence-corrected chi connectivity index (χ4v) is 6.87. The summed E-state index contributed by atoms with van der Waals surface area (Å²) in [5.41, 5.74) is 2.78. The highest BCUT2D eigenvalue weighted by atomic mass is 31.2. The van der Waals surface area contributed by atoms with Gasteiger partial charge in [-0.2, -0.15) is 0 Å². The second-order valence-electron chi connectivity index (χ2n) is 10.9. The first-order chi connectivity index (χ1) is 18.2. The van der Waals surface area contributed by atoms with E-state index in [0.717, 1.165) is 56.6 Å². The van der Waals surface area contributed by atoms with Gasteiger partial charge in [0.25, 0.3) is 0 Å². The van der Waals surface area contributed by atoms with Crippen LogP contribution in [0.1, 0.15) is 18.4 Å². The summed E-state index contributed by atoms with van der Waals surface area (Å²) in [6, 6.07) is 10.2. The molecule has 2 aromatic heterocycles. The molecule has 0 bridgehead atoms. The Morgan fingerprint density at radius 3 is 2.71 bits per heavy atom. The van der Waals surface area contributed by atoms with Crippen LogP contribution in [-0.4, -0.2) is 64.3 Å². The number of anilines is 1. The van der Waals surface area contributed by atoms with Crippen LogP contribution >= 0.6 is 7.14 Å². The number of nitrogens with one attached hydrogen (secondary N) is 2. The van der Waals surface area contributed by atoms with Crippen LogP contribution in [0, 0.1) is 11.2 Å². The molecular formula is C27H30FN6O3P. The number of nitrogens with zero attached hydrogens (tertiary/aromatic N) is 4. The van der Waals surface area contributed by atoms with Gasteiger partial charge in [-0.1, -0.05) is 6.07 Å². The number of H-pyrrole nitrogens is 2. The third-order valence-corrected chi connectivity index (χ3v) is 9.13. The molecule has 1 unspecified atom stereocenters. The quantitative estimate of drug-likeness (QED) is 0.360. The van der Waals surface area contributed by atoms with Gasteiger partial charge >= 0.3 is 5.69 Å². The molecule has 2 N–H and O–H groups in total. The minimum Gasteiger partial charge on any atom is -0.451 e. The van der Waals surface area contributed by atoms with Crippen molar-refractivity contribution < 1.29 is 13.7 Å². The summed E-state index contributed by atoms with van der Waals surface area (Å²) in [6.45, 7) is 7.69. The Bertz CT molecular complexity index is 1610. The Hall–Kier alpha value is -3.49. The number of benzene rings is 2. The number of fused-ring (bicyclic) bond motifs is 1. The maximum Gasteiger partial charge on any atom is 0.323 e. The highest BCUT2D eigenvalue weighted by molar-refractivity contribution is 7.70. The van der Waals surface area contributed by atoms with Crippen molar-refractivity contribution in [1.82, 2.24) is 24.8 Å². The van der Waals surface area contributed by atoms with E-state index in [2.05, 4.69) is 35.8 Å². The largest absolute Gasteiger partial charge is 0.451 e. The highest BCUT2D eigenvalue weighted by Gasteiger charge is 2.44. The first kappa shape index (κ1) is 24.8. The van der Waals surface area contributed by atoms with Crippen LogP contribution in [0.3, 0.4) is 0 Å². The summed E-state index contributed by atoms with van der Waals surface area (Å²) >= 11 is 0. The van der Waals surface area contributed by atoms with Crippen LogP contribution in [0.25, 0.3) is 11.0 Å². The summed E-state index contributed by atoms with van der Waals surface area (Å²) < 4.78 is 32.9. The van der Waals surface area contributed by atoms with Crippen molar-refractivity contribution in [1.29, 1.82) is 0 Å². The Labute approximate surface area is 219 Å². The van der Waals surface area contributed by atoms with E-state index in [4.69, 9.17) is 4.74 Å². The third-order valence-electron chi connectivity index (χ3n) is 7.62. The Kier molecular flexibility index (Phi) is 6.12. The lowest BCUT2D eigenvalue weighted by Gasteiger charge is -2.26. The number of rotatable bonds is 6. The molecule has 0 amide bonds. The molecule has 4 heterocycles.